The summed E-state index contributed by atoms with van der Waals surface area (Å²) in [5.41, 5.74) is 1.94. The summed E-state index contributed by atoms with van der Waals surface area (Å²) in [6.45, 7) is 7.63. The third-order valence-corrected chi connectivity index (χ3v) is 3.86. The highest BCUT2D eigenvalue weighted by molar-refractivity contribution is 14.0. The van der Waals surface area contributed by atoms with Gasteiger partial charge in [-0.3, -0.25) is 4.79 Å². The molecule has 2 rings (SSSR count). The lowest BCUT2D eigenvalue weighted by atomic mass is 9.85. The Labute approximate surface area is 162 Å². The fourth-order valence-corrected chi connectivity index (χ4v) is 2.43. The molecule has 134 valence electrons. The van der Waals surface area contributed by atoms with Gasteiger partial charge in [0.05, 0.1) is 6.54 Å². The molecule has 1 fully saturated rings. The molecule has 0 aliphatic heterocycles. The lowest BCUT2D eigenvalue weighted by molar-refractivity contribution is -0.122. The first-order valence-electron chi connectivity index (χ1n) is 8.53. The number of hydrogen-bond acceptors (Lipinski definition) is 2. The van der Waals surface area contributed by atoms with Crippen molar-refractivity contribution in [1.82, 2.24) is 10.6 Å². The Kier molecular flexibility index (Phi) is 9.10. The van der Waals surface area contributed by atoms with E-state index < -0.39 is 0 Å². The Morgan fingerprint density at radius 1 is 1.33 bits per heavy atom. The maximum Gasteiger partial charge on any atom is 0.227 e. The molecule has 0 spiro atoms. The molecule has 0 saturated heterocycles. The molecular formula is C18H29IN4O. The van der Waals surface area contributed by atoms with Crippen LogP contribution in [0, 0.1) is 5.92 Å². The van der Waals surface area contributed by atoms with Gasteiger partial charge in [-0.25, -0.2) is 4.99 Å². The van der Waals surface area contributed by atoms with Gasteiger partial charge >= 0.3 is 0 Å². The molecule has 1 aromatic carbocycles. The maximum atomic E-state index is 12.0. The summed E-state index contributed by atoms with van der Waals surface area (Å²) in [7, 11) is 0. The second-order valence-corrected chi connectivity index (χ2v) is 6.31. The number of benzene rings is 1. The molecule has 1 aliphatic carbocycles. The van der Waals surface area contributed by atoms with Gasteiger partial charge < -0.3 is 16.0 Å². The van der Waals surface area contributed by atoms with Crippen molar-refractivity contribution in [3.63, 3.8) is 0 Å². The highest BCUT2D eigenvalue weighted by Crippen LogP contribution is 2.27. The van der Waals surface area contributed by atoms with Crippen LogP contribution in [0.2, 0.25) is 0 Å². The number of hydrogen-bond donors (Lipinski definition) is 3. The van der Waals surface area contributed by atoms with Crippen LogP contribution in [0.25, 0.3) is 0 Å². The number of amides is 1. The molecule has 5 nitrogen and oxygen atoms in total. The fourth-order valence-electron chi connectivity index (χ4n) is 2.43. The highest BCUT2D eigenvalue weighted by Gasteiger charge is 2.25. The zero-order chi connectivity index (χ0) is 16.7. The minimum atomic E-state index is 0. The van der Waals surface area contributed by atoms with Crippen LogP contribution in [0.1, 0.15) is 45.6 Å². The molecule has 0 bridgehead atoms. The van der Waals surface area contributed by atoms with Crippen LogP contribution < -0.4 is 16.0 Å². The van der Waals surface area contributed by atoms with Gasteiger partial charge in [-0.05, 0) is 51.3 Å². The monoisotopic (exact) mass is 444 g/mol. The second-order valence-electron chi connectivity index (χ2n) is 6.31. The number of guanidine groups is 1. The van der Waals surface area contributed by atoms with Gasteiger partial charge in [-0.2, -0.15) is 0 Å². The van der Waals surface area contributed by atoms with Crippen molar-refractivity contribution in [3.05, 3.63) is 29.8 Å². The Morgan fingerprint density at radius 2 is 2.08 bits per heavy atom. The van der Waals surface area contributed by atoms with Gasteiger partial charge in [-0.1, -0.05) is 18.6 Å². The topological polar surface area (TPSA) is 65.5 Å². The van der Waals surface area contributed by atoms with E-state index in [4.69, 9.17) is 0 Å². The van der Waals surface area contributed by atoms with Gasteiger partial charge in [0.25, 0.3) is 0 Å². The number of nitrogens with zero attached hydrogens (tertiary/aromatic N) is 1. The molecule has 1 saturated carbocycles. The summed E-state index contributed by atoms with van der Waals surface area (Å²) in [4.78, 5) is 16.6. The zero-order valence-corrected chi connectivity index (χ0v) is 17.1. The summed E-state index contributed by atoms with van der Waals surface area (Å²) in [5, 5.41) is 9.54. The van der Waals surface area contributed by atoms with Crippen LogP contribution in [-0.4, -0.2) is 24.5 Å². The van der Waals surface area contributed by atoms with Crippen LogP contribution in [0.4, 0.5) is 5.69 Å². The molecule has 1 amide bonds. The van der Waals surface area contributed by atoms with E-state index >= 15 is 0 Å². The summed E-state index contributed by atoms with van der Waals surface area (Å²) in [6.07, 6.45) is 3.20. The van der Waals surface area contributed by atoms with Gasteiger partial charge in [0.15, 0.2) is 5.96 Å². The molecule has 0 radical (unpaired) electrons. The Balaban J connectivity index is 0.00000288. The summed E-state index contributed by atoms with van der Waals surface area (Å²) >= 11 is 0. The number of rotatable bonds is 6. The minimum absolute atomic E-state index is 0. The SMILES string of the molecule is CCNC(=NCc1cccc(NC(=O)C2CCC2)c1)NC(C)C.I. The number of carbonyl (C=O) groups is 1. The summed E-state index contributed by atoms with van der Waals surface area (Å²) in [6, 6.07) is 8.26. The maximum absolute atomic E-state index is 12.0. The van der Waals surface area contributed by atoms with Crippen molar-refractivity contribution in [2.45, 2.75) is 52.6 Å². The second kappa shape index (κ2) is 10.5. The molecule has 1 aliphatic rings. The molecule has 3 N–H and O–H groups in total. The Morgan fingerprint density at radius 3 is 2.67 bits per heavy atom. The first-order valence-corrected chi connectivity index (χ1v) is 8.53. The van der Waals surface area contributed by atoms with Gasteiger partial charge in [0.1, 0.15) is 0 Å². The van der Waals surface area contributed by atoms with Gasteiger partial charge in [0, 0.05) is 24.2 Å². The lowest BCUT2D eigenvalue weighted by Crippen LogP contribution is -2.41. The standard InChI is InChI=1S/C18H28N4O.HI/c1-4-19-18(21-13(2)3)20-12-14-7-5-10-16(11-14)22-17(23)15-8-6-9-15;/h5,7,10-11,13,15H,4,6,8-9,12H2,1-3H3,(H,22,23)(H2,19,20,21);1H. The molecule has 0 heterocycles. The number of anilines is 1. The average Bonchev–Trinajstić information content (AvgIpc) is 2.43. The summed E-state index contributed by atoms with van der Waals surface area (Å²) < 4.78 is 0. The van der Waals surface area contributed by atoms with Crippen molar-refractivity contribution < 1.29 is 4.79 Å². The van der Waals surface area contributed by atoms with E-state index in [0.29, 0.717) is 12.6 Å². The van der Waals surface area contributed by atoms with E-state index in [9.17, 15) is 4.79 Å². The third kappa shape index (κ3) is 6.67. The van der Waals surface area contributed by atoms with Gasteiger partial charge in [0.2, 0.25) is 5.91 Å². The van der Waals surface area contributed by atoms with Crippen LogP contribution in [0.3, 0.4) is 0 Å². The number of aliphatic imine (C=N–C) groups is 1. The predicted molar refractivity (Wildman–Crippen MR) is 111 cm³/mol. The number of nitrogens with one attached hydrogen (secondary N) is 3. The van der Waals surface area contributed by atoms with E-state index in [1.54, 1.807) is 0 Å². The smallest absolute Gasteiger partial charge is 0.227 e. The predicted octanol–water partition coefficient (Wildman–Crippen LogP) is 3.51. The minimum Gasteiger partial charge on any atom is -0.357 e. The Hall–Kier alpha value is -1.31. The van der Waals surface area contributed by atoms with Crippen molar-refractivity contribution >= 4 is 41.5 Å². The van der Waals surface area contributed by atoms with E-state index in [2.05, 4.69) is 34.8 Å². The molecule has 0 aromatic heterocycles. The molecule has 0 atom stereocenters. The van der Waals surface area contributed by atoms with Crippen LogP contribution in [0.15, 0.2) is 29.3 Å². The van der Waals surface area contributed by atoms with E-state index in [-0.39, 0.29) is 35.8 Å². The van der Waals surface area contributed by atoms with Gasteiger partial charge in [-0.15, -0.1) is 24.0 Å². The van der Waals surface area contributed by atoms with Crippen molar-refractivity contribution in [1.29, 1.82) is 0 Å². The largest absolute Gasteiger partial charge is 0.357 e. The molecule has 1 aromatic rings. The molecule has 6 heteroatoms. The first kappa shape index (κ1) is 20.7. The summed E-state index contributed by atoms with van der Waals surface area (Å²) in [5.74, 6) is 1.16. The van der Waals surface area contributed by atoms with Crippen molar-refractivity contribution in [2.24, 2.45) is 10.9 Å². The molecule has 0 unspecified atom stereocenters. The fraction of sp³-hybridized carbons (Fsp3) is 0.556. The molecular weight excluding hydrogens is 415 g/mol. The van der Waals surface area contributed by atoms with Crippen LogP contribution in [-0.2, 0) is 11.3 Å². The average molecular weight is 444 g/mol. The highest BCUT2D eigenvalue weighted by atomic mass is 127. The van der Waals surface area contributed by atoms with E-state index in [0.717, 1.165) is 36.6 Å². The number of carbonyl (C=O) groups excluding carboxylic acids is 1. The first-order chi connectivity index (χ1) is 11.1. The lowest BCUT2D eigenvalue weighted by Gasteiger charge is -2.24. The van der Waals surface area contributed by atoms with Crippen LogP contribution in [0.5, 0.6) is 0 Å². The zero-order valence-electron chi connectivity index (χ0n) is 14.8. The molecule has 24 heavy (non-hydrogen) atoms. The van der Waals surface area contributed by atoms with Crippen molar-refractivity contribution in [3.8, 4) is 0 Å². The Bertz CT molecular complexity index is 556. The number of halogens is 1. The van der Waals surface area contributed by atoms with Crippen molar-refractivity contribution in [2.75, 3.05) is 11.9 Å². The van der Waals surface area contributed by atoms with E-state index in [1.165, 1.54) is 6.42 Å². The van der Waals surface area contributed by atoms with Crippen LogP contribution >= 0.6 is 24.0 Å². The normalized spacial score (nSPS) is 14.6. The third-order valence-electron chi connectivity index (χ3n) is 3.86. The van der Waals surface area contributed by atoms with E-state index in [1.807, 2.05) is 31.2 Å². The quantitative estimate of drug-likeness (QED) is 0.358.